The van der Waals surface area contributed by atoms with Crippen LogP contribution in [0.25, 0.3) is 11.3 Å². The molecule has 9 nitrogen and oxygen atoms in total. The Hall–Kier alpha value is -4.69. The molecule has 2 heterocycles. The maximum Gasteiger partial charge on any atom is 0.338 e. The lowest BCUT2D eigenvalue weighted by Crippen LogP contribution is -2.31. The van der Waals surface area contributed by atoms with Crippen molar-refractivity contribution in [1.29, 1.82) is 5.26 Å². The van der Waals surface area contributed by atoms with Gasteiger partial charge in [-0.15, -0.1) is 0 Å². The van der Waals surface area contributed by atoms with E-state index in [1.807, 2.05) is 0 Å². The summed E-state index contributed by atoms with van der Waals surface area (Å²) < 4.78 is 10.3. The van der Waals surface area contributed by atoms with Crippen LogP contribution in [0.15, 0.2) is 83.9 Å². The van der Waals surface area contributed by atoms with E-state index in [2.05, 4.69) is 11.1 Å². The van der Waals surface area contributed by atoms with Gasteiger partial charge in [0, 0.05) is 12.0 Å². The van der Waals surface area contributed by atoms with Crippen molar-refractivity contribution in [3.05, 3.63) is 106 Å². The number of carbonyl (C=O) groups is 4. The molecule has 0 N–H and O–H groups in total. The fraction of sp³-hybridized carbons (Fsp3) is 0.125. The zero-order valence-corrected chi connectivity index (χ0v) is 25.3. The number of nitrogens with zero attached hydrogens (tertiary/aromatic N) is 3. The van der Waals surface area contributed by atoms with Crippen LogP contribution in [0.3, 0.4) is 0 Å². The van der Waals surface area contributed by atoms with Gasteiger partial charge in [0.2, 0.25) is 17.6 Å². The summed E-state index contributed by atoms with van der Waals surface area (Å²) >= 11 is 13.2. The van der Waals surface area contributed by atoms with Crippen LogP contribution in [-0.2, 0) is 14.3 Å². The second kappa shape index (κ2) is 13.3. The average molecular weight is 647 g/mol. The lowest BCUT2D eigenvalue weighted by atomic mass is 10.1. The number of hydrogen-bond donors (Lipinski definition) is 0. The van der Waals surface area contributed by atoms with E-state index in [1.54, 1.807) is 54.6 Å². The van der Waals surface area contributed by atoms with E-state index in [0.29, 0.717) is 32.1 Å². The highest BCUT2D eigenvalue weighted by Crippen LogP contribution is 2.36. The van der Waals surface area contributed by atoms with Crippen LogP contribution in [0.4, 0.5) is 5.69 Å². The number of thioether (sulfide) groups is 1. The number of para-hydroxylation sites is 1. The molecule has 0 bridgehead atoms. The summed E-state index contributed by atoms with van der Waals surface area (Å²) in [6.45, 7) is -0.492. The van der Waals surface area contributed by atoms with Crippen LogP contribution in [-0.4, -0.2) is 47.5 Å². The van der Waals surface area contributed by atoms with Crippen LogP contribution in [0.1, 0.15) is 32.7 Å². The monoisotopic (exact) mass is 645 g/mol. The van der Waals surface area contributed by atoms with Crippen molar-refractivity contribution in [3.8, 4) is 23.1 Å². The van der Waals surface area contributed by atoms with Crippen molar-refractivity contribution in [2.24, 2.45) is 0 Å². The third-order valence-corrected chi connectivity index (χ3v) is 8.58. The van der Waals surface area contributed by atoms with Crippen molar-refractivity contribution in [1.82, 2.24) is 4.98 Å². The molecule has 0 aliphatic carbocycles. The second-order valence-electron chi connectivity index (χ2n) is 9.41. The molecule has 0 saturated carbocycles. The molecule has 3 aromatic carbocycles. The molecule has 5 rings (SSSR count). The Balaban J connectivity index is 1.27. The van der Waals surface area contributed by atoms with Crippen molar-refractivity contribution in [2.45, 2.75) is 16.7 Å². The number of esters is 1. The van der Waals surface area contributed by atoms with Crippen molar-refractivity contribution < 1.29 is 28.7 Å². The molecular formula is C32H21Cl2N3O6S. The van der Waals surface area contributed by atoms with Gasteiger partial charge in [-0.1, -0.05) is 53.2 Å². The van der Waals surface area contributed by atoms with Crippen molar-refractivity contribution in [3.63, 3.8) is 0 Å². The number of nitriles is 1. The number of pyridine rings is 1. The standard InChI is InChI=1S/C32H21Cl2N3O6S/c1-42-27-5-3-2-4-22(27)26(38)17-43-32(41)18-6-10-21(11-7-18)37-29(39)15-28(31(37)40)44-30-20(16-35)9-13-25(36-30)19-8-12-23(33)24(34)14-19/h2-14,28H,15,17H2,1H3. The Morgan fingerprint density at radius 3 is 2.48 bits per heavy atom. The first-order chi connectivity index (χ1) is 21.2. The molecule has 220 valence electrons. The predicted octanol–water partition coefficient (Wildman–Crippen LogP) is 6.40. The zero-order chi connectivity index (χ0) is 31.4. The summed E-state index contributed by atoms with van der Waals surface area (Å²) in [6, 6.07) is 22.7. The van der Waals surface area contributed by atoms with Gasteiger partial charge < -0.3 is 9.47 Å². The molecule has 4 aromatic rings. The SMILES string of the molecule is COc1ccccc1C(=O)COC(=O)c1ccc(N2C(=O)CC(Sc3nc(-c4ccc(Cl)c(Cl)c4)ccc3C#N)C2=O)cc1. The van der Waals surface area contributed by atoms with Crippen molar-refractivity contribution in [2.75, 3.05) is 18.6 Å². The summed E-state index contributed by atoms with van der Waals surface area (Å²) in [4.78, 5) is 56.9. The molecule has 1 fully saturated rings. The quantitative estimate of drug-likeness (QED) is 0.115. The van der Waals surface area contributed by atoms with Gasteiger partial charge in [-0.25, -0.2) is 14.7 Å². The Morgan fingerprint density at radius 2 is 1.77 bits per heavy atom. The van der Waals surface area contributed by atoms with Gasteiger partial charge in [0.1, 0.15) is 16.8 Å². The first kappa shape index (κ1) is 30.8. The van der Waals surface area contributed by atoms with Gasteiger partial charge >= 0.3 is 5.97 Å². The highest BCUT2D eigenvalue weighted by Gasteiger charge is 2.41. The molecule has 1 aliphatic rings. The molecule has 0 spiro atoms. The van der Waals surface area contributed by atoms with Crippen LogP contribution in [0.2, 0.25) is 10.0 Å². The van der Waals surface area contributed by atoms with Gasteiger partial charge in [-0.2, -0.15) is 5.26 Å². The number of halogens is 2. The predicted molar refractivity (Wildman–Crippen MR) is 165 cm³/mol. The minimum Gasteiger partial charge on any atom is -0.496 e. The fourth-order valence-corrected chi connectivity index (χ4v) is 5.84. The number of Topliss-reactive ketones (excluding diaryl/α,β-unsaturated/α-hetero) is 1. The van der Waals surface area contributed by atoms with Gasteiger partial charge in [-0.05, 0) is 60.7 Å². The van der Waals surface area contributed by atoms with E-state index in [4.69, 9.17) is 32.7 Å². The molecule has 1 unspecified atom stereocenters. The number of hydrogen-bond acceptors (Lipinski definition) is 9. The minimum atomic E-state index is -0.822. The molecule has 44 heavy (non-hydrogen) atoms. The molecule has 1 aliphatic heterocycles. The van der Waals surface area contributed by atoms with E-state index >= 15 is 0 Å². The largest absolute Gasteiger partial charge is 0.496 e. The van der Waals surface area contributed by atoms with Crippen LogP contribution < -0.4 is 9.64 Å². The molecule has 1 atom stereocenters. The summed E-state index contributed by atoms with van der Waals surface area (Å²) in [5.74, 6) is -1.73. The van der Waals surface area contributed by atoms with E-state index in [-0.39, 0.29) is 28.8 Å². The smallest absolute Gasteiger partial charge is 0.338 e. The number of benzene rings is 3. The number of imide groups is 1. The zero-order valence-electron chi connectivity index (χ0n) is 23.0. The maximum atomic E-state index is 13.3. The Bertz CT molecular complexity index is 1840. The van der Waals surface area contributed by atoms with Crippen LogP contribution in [0.5, 0.6) is 5.75 Å². The third-order valence-electron chi connectivity index (χ3n) is 6.66. The van der Waals surface area contributed by atoms with Gasteiger partial charge in [-0.3, -0.25) is 14.4 Å². The van der Waals surface area contributed by atoms with Crippen molar-refractivity contribution >= 4 is 64.2 Å². The van der Waals surface area contributed by atoms with Gasteiger partial charge in [0.25, 0.3) is 0 Å². The molecular weight excluding hydrogens is 625 g/mol. The normalized spacial score (nSPS) is 14.3. The highest BCUT2D eigenvalue weighted by atomic mass is 35.5. The second-order valence-corrected chi connectivity index (χ2v) is 11.4. The number of methoxy groups -OCH3 is 1. The van der Waals surface area contributed by atoms with E-state index < -0.39 is 35.4 Å². The van der Waals surface area contributed by atoms with E-state index in [0.717, 1.165) is 16.7 Å². The Labute approximate surface area is 266 Å². The number of anilines is 1. The molecule has 0 radical (unpaired) electrons. The first-order valence-corrected chi connectivity index (χ1v) is 14.7. The summed E-state index contributed by atoms with van der Waals surface area (Å²) in [6.07, 6.45) is -0.109. The topological polar surface area (TPSA) is 127 Å². The molecule has 1 saturated heterocycles. The van der Waals surface area contributed by atoms with Crippen LogP contribution in [0, 0.1) is 11.3 Å². The van der Waals surface area contributed by atoms with E-state index in [1.165, 1.54) is 31.4 Å². The lowest BCUT2D eigenvalue weighted by molar-refractivity contribution is -0.121. The number of ether oxygens (including phenoxy) is 2. The fourth-order valence-electron chi connectivity index (χ4n) is 4.45. The van der Waals surface area contributed by atoms with Gasteiger partial charge in [0.05, 0.1) is 50.5 Å². The summed E-state index contributed by atoms with van der Waals surface area (Å²) in [5, 5.41) is 9.84. The molecule has 2 amide bonds. The third kappa shape index (κ3) is 6.45. The number of aromatic nitrogens is 1. The number of carbonyl (C=O) groups excluding carboxylic acids is 4. The molecule has 12 heteroatoms. The maximum absolute atomic E-state index is 13.3. The number of rotatable bonds is 9. The minimum absolute atomic E-state index is 0.109. The lowest BCUT2D eigenvalue weighted by Gasteiger charge is -2.15. The summed E-state index contributed by atoms with van der Waals surface area (Å²) in [5.41, 5.74) is 2.13. The number of amides is 2. The first-order valence-electron chi connectivity index (χ1n) is 13.0. The average Bonchev–Trinajstić information content (AvgIpc) is 3.32. The van der Waals surface area contributed by atoms with Gasteiger partial charge in [0.15, 0.2) is 6.61 Å². The summed E-state index contributed by atoms with van der Waals surface area (Å²) in [7, 11) is 1.44. The van der Waals surface area contributed by atoms with Crippen LogP contribution >= 0.6 is 35.0 Å². The Kier molecular flexibility index (Phi) is 9.30. The van der Waals surface area contributed by atoms with E-state index in [9.17, 15) is 24.4 Å². The Morgan fingerprint density at radius 1 is 1.02 bits per heavy atom. The molecule has 1 aromatic heterocycles. The highest BCUT2D eigenvalue weighted by molar-refractivity contribution is 8.00. The number of ketones is 1.